The van der Waals surface area contributed by atoms with Crippen molar-refractivity contribution < 1.29 is 4.74 Å². The van der Waals surface area contributed by atoms with E-state index in [-0.39, 0.29) is 6.10 Å². The Hall–Kier alpha value is -1.37. The van der Waals surface area contributed by atoms with E-state index in [1.54, 1.807) is 0 Å². The molecule has 21 heavy (non-hydrogen) atoms. The van der Waals surface area contributed by atoms with Gasteiger partial charge in [-0.3, -0.25) is 5.32 Å². The summed E-state index contributed by atoms with van der Waals surface area (Å²) < 4.78 is 6.14. The zero-order valence-corrected chi connectivity index (χ0v) is 13.3. The lowest BCUT2D eigenvalue weighted by molar-refractivity contribution is -0.0191. The predicted molar refractivity (Wildman–Crippen MR) is 84.7 cm³/mol. The largest absolute Gasteiger partial charge is 0.375 e. The van der Waals surface area contributed by atoms with Gasteiger partial charge in [0.05, 0.1) is 18.8 Å². The molecule has 1 saturated carbocycles. The SMILES string of the molecule is CNC(C#N)(COC1CC(C)CC(C)C1)c1ccccc1. The lowest BCUT2D eigenvalue weighted by atomic mass is 9.81. The maximum atomic E-state index is 9.67. The summed E-state index contributed by atoms with van der Waals surface area (Å²) in [5.41, 5.74) is 0.206. The highest BCUT2D eigenvalue weighted by Crippen LogP contribution is 2.31. The average Bonchev–Trinajstić information content (AvgIpc) is 2.49. The van der Waals surface area contributed by atoms with Crippen LogP contribution in [0.3, 0.4) is 0 Å². The molecule has 3 unspecified atom stereocenters. The zero-order valence-electron chi connectivity index (χ0n) is 13.3. The second-order valence-electron chi connectivity index (χ2n) is 6.48. The van der Waals surface area contributed by atoms with Gasteiger partial charge in [-0.05, 0) is 43.7 Å². The summed E-state index contributed by atoms with van der Waals surface area (Å²) in [6, 6.07) is 12.3. The third-order valence-electron chi connectivity index (χ3n) is 4.56. The fourth-order valence-corrected chi connectivity index (χ4v) is 3.43. The molecule has 3 heteroatoms. The Morgan fingerprint density at radius 2 is 1.81 bits per heavy atom. The summed E-state index contributed by atoms with van der Waals surface area (Å²) in [6.45, 7) is 4.98. The minimum atomic E-state index is -0.759. The molecular weight excluding hydrogens is 260 g/mol. The Kier molecular flexibility index (Phi) is 5.39. The van der Waals surface area contributed by atoms with Gasteiger partial charge in [-0.2, -0.15) is 5.26 Å². The van der Waals surface area contributed by atoms with Gasteiger partial charge in [0.2, 0.25) is 0 Å². The third-order valence-corrected chi connectivity index (χ3v) is 4.56. The molecule has 1 aliphatic carbocycles. The molecule has 3 nitrogen and oxygen atoms in total. The molecule has 3 atom stereocenters. The Balaban J connectivity index is 2.06. The first-order valence-electron chi connectivity index (χ1n) is 7.87. The van der Waals surface area contributed by atoms with Crippen LogP contribution in [0.2, 0.25) is 0 Å². The first-order valence-corrected chi connectivity index (χ1v) is 7.87. The van der Waals surface area contributed by atoms with E-state index >= 15 is 0 Å². The number of nitrogens with zero attached hydrogens (tertiary/aromatic N) is 1. The number of benzene rings is 1. The van der Waals surface area contributed by atoms with Crippen molar-refractivity contribution >= 4 is 0 Å². The van der Waals surface area contributed by atoms with Crippen LogP contribution in [0.5, 0.6) is 0 Å². The number of ether oxygens (including phenoxy) is 1. The number of likely N-dealkylation sites (N-methyl/N-ethyl adjacent to an activating group) is 1. The highest BCUT2D eigenvalue weighted by molar-refractivity contribution is 5.31. The van der Waals surface area contributed by atoms with Crippen molar-refractivity contribution in [3.05, 3.63) is 35.9 Å². The van der Waals surface area contributed by atoms with E-state index in [0.717, 1.165) is 18.4 Å². The Morgan fingerprint density at radius 1 is 1.19 bits per heavy atom. The molecule has 114 valence electrons. The van der Waals surface area contributed by atoms with Crippen LogP contribution in [0, 0.1) is 23.2 Å². The number of hydrogen-bond donors (Lipinski definition) is 1. The van der Waals surface area contributed by atoms with Crippen LogP contribution in [0.1, 0.15) is 38.7 Å². The number of rotatable bonds is 5. The van der Waals surface area contributed by atoms with E-state index in [1.165, 1.54) is 6.42 Å². The third kappa shape index (κ3) is 3.84. The van der Waals surface area contributed by atoms with Gasteiger partial charge in [-0.15, -0.1) is 0 Å². The molecule has 0 amide bonds. The van der Waals surface area contributed by atoms with Gasteiger partial charge in [0.15, 0.2) is 5.54 Å². The van der Waals surface area contributed by atoms with Crippen molar-refractivity contribution in [3.63, 3.8) is 0 Å². The number of hydrogen-bond acceptors (Lipinski definition) is 3. The van der Waals surface area contributed by atoms with E-state index in [9.17, 15) is 5.26 Å². The van der Waals surface area contributed by atoms with Crippen molar-refractivity contribution in [1.82, 2.24) is 5.32 Å². The summed E-state index contributed by atoms with van der Waals surface area (Å²) in [5.74, 6) is 1.42. The maximum absolute atomic E-state index is 9.67. The van der Waals surface area contributed by atoms with E-state index in [4.69, 9.17) is 4.74 Å². The molecule has 0 bridgehead atoms. The molecule has 0 aromatic heterocycles. The first kappa shape index (κ1) is 16.0. The van der Waals surface area contributed by atoms with Gasteiger partial charge >= 0.3 is 0 Å². The fraction of sp³-hybridized carbons (Fsp3) is 0.611. The van der Waals surface area contributed by atoms with Crippen molar-refractivity contribution in [1.29, 1.82) is 5.26 Å². The second-order valence-corrected chi connectivity index (χ2v) is 6.48. The average molecular weight is 286 g/mol. The van der Waals surface area contributed by atoms with E-state index in [0.29, 0.717) is 18.4 Å². The summed E-state index contributed by atoms with van der Waals surface area (Å²) in [6.07, 6.45) is 3.76. The van der Waals surface area contributed by atoms with Crippen LogP contribution in [0.25, 0.3) is 0 Å². The number of nitrogens with one attached hydrogen (secondary N) is 1. The van der Waals surface area contributed by atoms with E-state index < -0.39 is 5.54 Å². The van der Waals surface area contributed by atoms with Gasteiger partial charge < -0.3 is 4.74 Å². The van der Waals surface area contributed by atoms with Crippen molar-refractivity contribution in [2.24, 2.45) is 11.8 Å². The lowest BCUT2D eigenvalue weighted by Crippen LogP contribution is -2.44. The van der Waals surface area contributed by atoms with Crippen LogP contribution in [0.4, 0.5) is 0 Å². The van der Waals surface area contributed by atoms with Gasteiger partial charge in [-0.1, -0.05) is 44.2 Å². The molecule has 2 rings (SSSR count). The van der Waals surface area contributed by atoms with Crippen LogP contribution in [-0.2, 0) is 10.3 Å². The molecule has 0 heterocycles. The Labute approximate surface area is 128 Å². The van der Waals surface area contributed by atoms with E-state index in [1.807, 2.05) is 37.4 Å². The smallest absolute Gasteiger partial charge is 0.155 e. The molecule has 0 aliphatic heterocycles. The molecule has 1 fully saturated rings. The molecule has 0 spiro atoms. The topological polar surface area (TPSA) is 45.0 Å². The van der Waals surface area contributed by atoms with Crippen molar-refractivity contribution in [3.8, 4) is 6.07 Å². The summed E-state index contributed by atoms with van der Waals surface area (Å²) >= 11 is 0. The van der Waals surface area contributed by atoms with Crippen LogP contribution in [0.15, 0.2) is 30.3 Å². The van der Waals surface area contributed by atoms with Crippen molar-refractivity contribution in [2.75, 3.05) is 13.7 Å². The molecule has 1 N–H and O–H groups in total. The monoisotopic (exact) mass is 286 g/mol. The molecule has 0 saturated heterocycles. The standard InChI is InChI=1S/C18H26N2O/c1-14-9-15(2)11-17(10-14)21-13-18(12-19,20-3)16-7-5-4-6-8-16/h4-8,14-15,17,20H,9-11,13H2,1-3H3. The minimum Gasteiger partial charge on any atom is -0.375 e. The second kappa shape index (κ2) is 7.06. The molecule has 0 radical (unpaired) electrons. The Morgan fingerprint density at radius 3 is 2.33 bits per heavy atom. The lowest BCUT2D eigenvalue weighted by Gasteiger charge is -2.34. The summed E-state index contributed by atoms with van der Waals surface area (Å²) in [5, 5.41) is 12.8. The Bertz CT molecular complexity index is 472. The fourth-order valence-electron chi connectivity index (χ4n) is 3.43. The van der Waals surface area contributed by atoms with E-state index in [2.05, 4.69) is 25.2 Å². The highest BCUT2D eigenvalue weighted by atomic mass is 16.5. The van der Waals surface area contributed by atoms with Gasteiger partial charge in [0.1, 0.15) is 0 Å². The normalized spacial score (nSPS) is 28.6. The van der Waals surface area contributed by atoms with Gasteiger partial charge in [0, 0.05) is 0 Å². The van der Waals surface area contributed by atoms with Crippen LogP contribution >= 0.6 is 0 Å². The number of nitriles is 1. The maximum Gasteiger partial charge on any atom is 0.155 e. The minimum absolute atomic E-state index is 0.272. The molecule has 1 aromatic rings. The first-order chi connectivity index (χ1) is 10.1. The van der Waals surface area contributed by atoms with Crippen molar-refractivity contribution in [2.45, 2.75) is 44.8 Å². The summed E-state index contributed by atoms with van der Waals surface area (Å²) in [7, 11) is 1.83. The van der Waals surface area contributed by atoms with Gasteiger partial charge in [0.25, 0.3) is 0 Å². The van der Waals surface area contributed by atoms with Crippen LogP contribution < -0.4 is 5.32 Å². The zero-order chi connectivity index (χ0) is 15.3. The van der Waals surface area contributed by atoms with Gasteiger partial charge in [-0.25, -0.2) is 0 Å². The molecular formula is C18H26N2O. The van der Waals surface area contributed by atoms with Crippen LogP contribution in [-0.4, -0.2) is 19.8 Å². The summed E-state index contributed by atoms with van der Waals surface area (Å²) in [4.78, 5) is 0. The molecule has 1 aromatic carbocycles. The quantitative estimate of drug-likeness (QED) is 0.901. The molecule has 1 aliphatic rings. The predicted octanol–water partition coefficient (Wildman–Crippen LogP) is 3.47. The highest BCUT2D eigenvalue weighted by Gasteiger charge is 2.33.